The molecule has 0 aromatic heterocycles. The first kappa shape index (κ1) is 18.9. The van der Waals surface area contributed by atoms with Crippen LogP contribution in [0.3, 0.4) is 0 Å². The lowest BCUT2D eigenvalue weighted by atomic mass is 10.2. The van der Waals surface area contributed by atoms with E-state index in [0.29, 0.717) is 10.5 Å². The molecule has 0 bridgehead atoms. The Labute approximate surface area is 173 Å². The Morgan fingerprint density at radius 3 is 2.54 bits per heavy atom. The monoisotopic (exact) mass is 413 g/mol. The summed E-state index contributed by atoms with van der Waals surface area (Å²) in [5.74, 6) is -0.0989. The number of phenolic OH excluding ortho intramolecular Hbond substituents is 1. The number of amidine groups is 1. The highest BCUT2D eigenvalue weighted by Crippen LogP contribution is 2.33. The highest BCUT2D eigenvalue weighted by Gasteiger charge is 2.28. The third-order valence-electron chi connectivity index (χ3n) is 4.90. The van der Waals surface area contributed by atoms with Crippen molar-refractivity contribution in [2.24, 2.45) is 4.99 Å². The first-order chi connectivity index (χ1) is 13.5. The second-order valence-corrected chi connectivity index (χ2v) is 8.19. The number of hydrogen-bond acceptors (Lipinski definition) is 5. The molecule has 0 saturated carbocycles. The molecule has 2 aromatic rings. The number of aromatic hydroxyl groups is 1. The molecule has 4 rings (SSSR count). The van der Waals surface area contributed by atoms with E-state index in [1.807, 2.05) is 25.1 Å². The standard InChI is InChI=1S/C21H20ClN3O2S/c1-14-6-7-16(13-17(14)22)24-8-10-25(11-9-24)21-23-20(27)19(28-21)12-15-4-2-3-5-18(15)26/h2-7,12-13,26H,8-11H2,1H3/b19-12-. The van der Waals surface area contributed by atoms with E-state index in [4.69, 9.17) is 11.6 Å². The molecule has 0 atom stereocenters. The molecule has 0 aliphatic carbocycles. The molecule has 2 aliphatic heterocycles. The van der Waals surface area contributed by atoms with Crippen LogP contribution in [0.4, 0.5) is 5.69 Å². The van der Waals surface area contributed by atoms with Crippen LogP contribution in [-0.4, -0.2) is 47.3 Å². The first-order valence-corrected chi connectivity index (χ1v) is 10.3. The number of carbonyl (C=O) groups is 1. The van der Waals surface area contributed by atoms with Crippen LogP contribution in [0.25, 0.3) is 6.08 Å². The van der Waals surface area contributed by atoms with E-state index in [1.54, 1.807) is 24.3 Å². The largest absolute Gasteiger partial charge is 0.507 e. The van der Waals surface area contributed by atoms with Gasteiger partial charge in [-0.15, -0.1) is 0 Å². The summed E-state index contributed by atoms with van der Waals surface area (Å²) in [6, 6.07) is 13.1. The molecule has 1 fully saturated rings. The number of hydrogen-bond donors (Lipinski definition) is 1. The van der Waals surface area contributed by atoms with Crippen molar-refractivity contribution in [3.05, 3.63) is 63.5 Å². The van der Waals surface area contributed by atoms with Crippen molar-refractivity contribution < 1.29 is 9.90 Å². The van der Waals surface area contributed by atoms with E-state index in [0.717, 1.165) is 47.6 Å². The van der Waals surface area contributed by atoms with Gasteiger partial charge in [-0.05, 0) is 48.5 Å². The lowest BCUT2D eigenvalue weighted by molar-refractivity contribution is -0.113. The number of aryl methyl sites for hydroxylation is 1. The Bertz CT molecular complexity index is 981. The molecule has 0 radical (unpaired) electrons. The van der Waals surface area contributed by atoms with E-state index < -0.39 is 0 Å². The van der Waals surface area contributed by atoms with Gasteiger partial charge < -0.3 is 14.9 Å². The van der Waals surface area contributed by atoms with Crippen molar-refractivity contribution in [3.63, 3.8) is 0 Å². The Balaban J connectivity index is 1.41. The summed E-state index contributed by atoms with van der Waals surface area (Å²) < 4.78 is 0. The topological polar surface area (TPSA) is 56.1 Å². The zero-order chi connectivity index (χ0) is 19.7. The predicted molar refractivity (Wildman–Crippen MR) is 116 cm³/mol. The van der Waals surface area contributed by atoms with Gasteiger partial charge in [0.05, 0.1) is 4.91 Å². The van der Waals surface area contributed by atoms with Crippen molar-refractivity contribution in [3.8, 4) is 5.75 Å². The van der Waals surface area contributed by atoms with Crippen LogP contribution in [0.2, 0.25) is 5.02 Å². The lowest BCUT2D eigenvalue weighted by Gasteiger charge is -2.36. The molecule has 7 heteroatoms. The van der Waals surface area contributed by atoms with Gasteiger partial charge in [-0.3, -0.25) is 4.79 Å². The second-order valence-electron chi connectivity index (χ2n) is 6.78. The van der Waals surface area contributed by atoms with Gasteiger partial charge in [0.25, 0.3) is 5.91 Å². The Kier molecular flexibility index (Phi) is 5.33. The maximum absolute atomic E-state index is 12.3. The highest BCUT2D eigenvalue weighted by atomic mass is 35.5. The minimum Gasteiger partial charge on any atom is -0.507 e. The fourth-order valence-corrected chi connectivity index (χ4v) is 4.35. The fraction of sp³-hybridized carbons (Fsp3) is 0.238. The van der Waals surface area contributed by atoms with Gasteiger partial charge in [0.15, 0.2) is 5.17 Å². The number of anilines is 1. The number of aliphatic imine (C=N–C) groups is 1. The minimum absolute atomic E-state index is 0.155. The SMILES string of the molecule is Cc1ccc(N2CCN(C3=NC(=O)/C(=C/c4ccccc4O)S3)CC2)cc1Cl. The molecule has 0 spiro atoms. The summed E-state index contributed by atoms with van der Waals surface area (Å²) in [7, 11) is 0. The average molecular weight is 414 g/mol. The second kappa shape index (κ2) is 7.89. The maximum Gasteiger partial charge on any atom is 0.286 e. The van der Waals surface area contributed by atoms with Crippen molar-refractivity contribution in [1.29, 1.82) is 0 Å². The summed E-state index contributed by atoms with van der Waals surface area (Å²) in [5, 5.41) is 11.4. The van der Waals surface area contributed by atoms with Crippen LogP contribution >= 0.6 is 23.4 Å². The predicted octanol–water partition coefficient (Wildman–Crippen LogP) is 4.15. The number of nitrogens with zero attached hydrogens (tertiary/aromatic N) is 3. The smallest absolute Gasteiger partial charge is 0.286 e. The van der Waals surface area contributed by atoms with Gasteiger partial charge >= 0.3 is 0 Å². The summed E-state index contributed by atoms with van der Waals surface area (Å²) in [6.45, 7) is 5.25. The van der Waals surface area contributed by atoms with Crippen molar-refractivity contribution in [2.75, 3.05) is 31.1 Å². The van der Waals surface area contributed by atoms with Crippen molar-refractivity contribution in [1.82, 2.24) is 4.90 Å². The highest BCUT2D eigenvalue weighted by molar-refractivity contribution is 8.18. The molecule has 1 saturated heterocycles. The van der Waals surface area contributed by atoms with Crippen LogP contribution in [-0.2, 0) is 4.79 Å². The molecule has 144 valence electrons. The molecule has 2 heterocycles. The third kappa shape index (κ3) is 3.88. The van der Waals surface area contributed by atoms with Crippen LogP contribution in [0.1, 0.15) is 11.1 Å². The van der Waals surface area contributed by atoms with E-state index in [2.05, 4.69) is 20.9 Å². The van der Waals surface area contributed by atoms with E-state index >= 15 is 0 Å². The number of piperazine rings is 1. The van der Waals surface area contributed by atoms with Gasteiger partial charge in [0.2, 0.25) is 0 Å². The van der Waals surface area contributed by atoms with Gasteiger partial charge in [-0.1, -0.05) is 35.9 Å². The molecule has 5 nitrogen and oxygen atoms in total. The van der Waals surface area contributed by atoms with Crippen LogP contribution in [0.5, 0.6) is 5.75 Å². The number of thioether (sulfide) groups is 1. The van der Waals surface area contributed by atoms with Gasteiger partial charge in [-0.25, -0.2) is 0 Å². The minimum atomic E-state index is -0.254. The van der Waals surface area contributed by atoms with Crippen molar-refractivity contribution in [2.45, 2.75) is 6.92 Å². The fourth-order valence-electron chi connectivity index (χ4n) is 3.22. The summed E-state index contributed by atoms with van der Waals surface area (Å²) in [6.07, 6.45) is 1.70. The first-order valence-electron chi connectivity index (χ1n) is 9.08. The quantitative estimate of drug-likeness (QED) is 0.749. The van der Waals surface area contributed by atoms with Crippen LogP contribution in [0.15, 0.2) is 52.4 Å². The molecular formula is C21H20ClN3O2S. The number of benzene rings is 2. The van der Waals surface area contributed by atoms with E-state index in [9.17, 15) is 9.90 Å². The van der Waals surface area contributed by atoms with Crippen LogP contribution in [0, 0.1) is 6.92 Å². The summed E-state index contributed by atoms with van der Waals surface area (Å²) >= 11 is 7.62. The maximum atomic E-state index is 12.3. The van der Waals surface area contributed by atoms with E-state index in [1.165, 1.54) is 11.8 Å². The molecule has 0 unspecified atom stereocenters. The number of rotatable bonds is 2. The van der Waals surface area contributed by atoms with Crippen LogP contribution < -0.4 is 4.90 Å². The number of amides is 1. The van der Waals surface area contributed by atoms with Gasteiger partial charge in [0.1, 0.15) is 5.75 Å². The number of carbonyl (C=O) groups excluding carboxylic acids is 1. The van der Waals surface area contributed by atoms with Crippen molar-refractivity contribution >= 4 is 46.2 Å². The molecule has 1 amide bonds. The Morgan fingerprint density at radius 2 is 1.82 bits per heavy atom. The third-order valence-corrected chi connectivity index (χ3v) is 6.35. The molecular weight excluding hydrogens is 394 g/mol. The normalized spacial score (nSPS) is 18.7. The van der Waals surface area contributed by atoms with Gasteiger partial charge in [0, 0.05) is 42.5 Å². The Hall–Kier alpha value is -2.44. The molecule has 1 N–H and O–H groups in total. The molecule has 28 heavy (non-hydrogen) atoms. The lowest BCUT2D eigenvalue weighted by Crippen LogP contribution is -2.47. The summed E-state index contributed by atoms with van der Waals surface area (Å²) in [4.78, 5) is 21.5. The zero-order valence-corrected chi connectivity index (χ0v) is 17.0. The number of para-hydroxylation sites is 1. The molecule has 2 aromatic carbocycles. The van der Waals surface area contributed by atoms with E-state index in [-0.39, 0.29) is 11.7 Å². The number of phenols is 1. The zero-order valence-electron chi connectivity index (χ0n) is 15.4. The summed E-state index contributed by atoms with van der Waals surface area (Å²) in [5.41, 5.74) is 2.81. The molecule has 2 aliphatic rings. The van der Waals surface area contributed by atoms with Gasteiger partial charge in [-0.2, -0.15) is 4.99 Å². The number of halogens is 1. The average Bonchev–Trinajstić information content (AvgIpc) is 3.06. The Morgan fingerprint density at radius 1 is 1.11 bits per heavy atom.